The molecule has 0 saturated carbocycles. The van der Waals surface area contributed by atoms with E-state index in [-0.39, 0.29) is 25.0 Å². The summed E-state index contributed by atoms with van der Waals surface area (Å²) in [6, 6.07) is 0. The molecule has 0 spiro atoms. The number of aliphatic hydroxyl groups is 1. The monoisotopic (exact) mass is 404 g/mol. The highest BCUT2D eigenvalue weighted by molar-refractivity contribution is 5.91. The van der Waals surface area contributed by atoms with Crippen LogP contribution in [0.3, 0.4) is 0 Å². The average Bonchev–Trinajstić information content (AvgIpc) is 2.91. The van der Waals surface area contributed by atoms with Crippen molar-refractivity contribution in [3.63, 3.8) is 0 Å². The summed E-state index contributed by atoms with van der Waals surface area (Å²) in [6.45, 7) is 10.2. The molecule has 0 aromatic heterocycles. The first-order valence-electron chi connectivity index (χ1n) is 9.54. The molecule has 7 heteroatoms. The second-order valence-corrected chi connectivity index (χ2v) is 7.43. The standard InChI is InChI=1S/C22H28O7/c1-6-13(3)21(25)28-17-7-12(2)8-18(24)20-14(4)22(26)29-19(20)10-16(9-17)11-27-15(5)23/h6-7,10,17-20,24H,4,8-9,11H2,1-3,5H3/b12-7+,13-6-,16-10-/t17-,18-,19-,20-/m1/s1. The maximum absolute atomic E-state index is 12.3. The number of hydrogen-bond donors (Lipinski definition) is 1. The zero-order valence-electron chi connectivity index (χ0n) is 17.3. The fourth-order valence-corrected chi connectivity index (χ4v) is 3.38. The molecule has 0 aromatic rings. The Labute approximate surface area is 170 Å². The van der Waals surface area contributed by atoms with E-state index in [9.17, 15) is 19.5 Å². The van der Waals surface area contributed by atoms with Crippen molar-refractivity contribution in [1.82, 2.24) is 0 Å². The molecule has 158 valence electrons. The SMILES string of the molecule is C=C1C(=O)O[C@@H]2/C=C(\COC(C)=O)C[C@H](OC(=O)/C(C)=C\C)/C=C(\C)C[C@@H](O)[C@@H]12. The summed E-state index contributed by atoms with van der Waals surface area (Å²) in [5.41, 5.74) is 2.10. The Morgan fingerprint density at radius 2 is 2.00 bits per heavy atom. The summed E-state index contributed by atoms with van der Waals surface area (Å²) in [7, 11) is 0. The van der Waals surface area contributed by atoms with Gasteiger partial charge in [0, 0.05) is 24.5 Å². The van der Waals surface area contributed by atoms with Crippen LogP contribution in [0, 0.1) is 5.92 Å². The minimum Gasteiger partial charge on any atom is -0.461 e. The van der Waals surface area contributed by atoms with Crippen LogP contribution in [0.4, 0.5) is 0 Å². The molecule has 1 fully saturated rings. The molecule has 0 amide bonds. The third-order valence-corrected chi connectivity index (χ3v) is 5.02. The van der Waals surface area contributed by atoms with Gasteiger partial charge in [-0.1, -0.05) is 18.2 Å². The van der Waals surface area contributed by atoms with Crippen LogP contribution >= 0.6 is 0 Å². The lowest BCUT2D eigenvalue weighted by Crippen LogP contribution is -2.30. The second-order valence-electron chi connectivity index (χ2n) is 7.43. The maximum atomic E-state index is 12.3. The Balaban J connectivity index is 2.39. The Hall–Kier alpha value is -2.67. The molecule has 0 unspecified atom stereocenters. The minimum atomic E-state index is -0.895. The Morgan fingerprint density at radius 1 is 1.31 bits per heavy atom. The summed E-state index contributed by atoms with van der Waals surface area (Å²) in [4.78, 5) is 35.6. The molecule has 1 aliphatic carbocycles. The molecular weight excluding hydrogens is 376 g/mol. The molecule has 1 N–H and O–H groups in total. The predicted octanol–water partition coefficient (Wildman–Crippen LogP) is 2.55. The van der Waals surface area contributed by atoms with Gasteiger partial charge >= 0.3 is 17.9 Å². The zero-order chi connectivity index (χ0) is 21.7. The lowest BCUT2D eigenvalue weighted by molar-refractivity contribution is -0.143. The fourth-order valence-electron chi connectivity index (χ4n) is 3.38. The van der Waals surface area contributed by atoms with Crippen molar-refractivity contribution < 1.29 is 33.7 Å². The molecule has 4 atom stereocenters. The van der Waals surface area contributed by atoms with Gasteiger partial charge in [-0.15, -0.1) is 0 Å². The van der Waals surface area contributed by atoms with Gasteiger partial charge in [0.2, 0.25) is 0 Å². The number of carbonyl (C=O) groups is 3. The first-order valence-corrected chi connectivity index (χ1v) is 9.54. The third kappa shape index (κ3) is 5.90. The Bertz CT molecular complexity index is 787. The van der Waals surface area contributed by atoms with Gasteiger partial charge in [-0.05, 0) is 44.9 Å². The van der Waals surface area contributed by atoms with Crippen LogP contribution in [-0.2, 0) is 28.6 Å². The molecule has 2 aliphatic rings. The molecule has 2 rings (SSSR count). The first kappa shape index (κ1) is 22.6. The highest BCUT2D eigenvalue weighted by atomic mass is 16.6. The van der Waals surface area contributed by atoms with Crippen LogP contribution < -0.4 is 0 Å². The number of ether oxygens (including phenoxy) is 3. The molecule has 1 saturated heterocycles. The molecule has 29 heavy (non-hydrogen) atoms. The lowest BCUT2D eigenvalue weighted by atomic mass is 9.85. The lowest BCUT2D eigenvalue weighted by Gasteiger charge is -2.25. The smallest absolute Gasteiger partial charge is 0.334 e. The van der Waals surface area contributed by atoms with Crippen molar-refractivity contribution in [3.8, 4) is 0 Å². The van der Waals surface area contributed by atoms with Gasteiger partial charge in [0.1, 0.15) is 18.8 Å². The fraction of sp³-hybridized carbons (Fsp3) is 0.500. The van der Waals surface area contributed by atoms with E-state index in [1.54, 1.807) is 32.1 Å². The maximum Gasteiger partial charge on any atom is 0.334 e. The average molecular weight is 404 g/mol. The normalized spacial score (nSPS) is 31.6. The van der Waals surface area contributed by atoms with Crippen LogP contribution in [0.15, 0.2) is 47.1 Å². The van der Waals surface area contributed by atoms with Gasteiger partial charge in [-0.25, -0.2) is 9.59 Å². The van der Waals surface area contributed by atoms with Gasteiger partial charge < -0.3 is 19.3 Å². The molecule has 0 bridgehead atoms. The number of rotatable bonds is 4. The van der Waals surface area contributed by atoms with E-state index in [2.05, 4.69) is 6.58 Å². The summed E-state index contributed by atoms with van der Waals surface area (Å²) < 4.78 is 16.1. The number of carbonyl (C=O) groups excluding carboxylic acids is 3. The van der Waals surface area contributed by atoms with Gasteiger partial charge in [-0.3, -0.25) is 4.79 Å². The largest absolute Gasteiger partial charge is 0.461 e. The number of fused-ring (bicyclic) bond motifs is 1. The molecule has 0 aromatic carbocycles. The highest BCUT2D eigenvalue weighted by Crippen LogP contribution is 2.35. The van der Waals surface area contributed by atoms with E-state index in [0.29, 0.717) is 11.1 Å². The van der Waals surface area contributed by atoms with Crippen molar-refractivity contribution in [2.24, 2.45) is 5.92 Å². The number of hydrogen-bond acceptors (Lipinski definition) is 7. The third-order valence-electron chi connectivity index (χ3n) is 5.02. The summed E-state index contributed by atoms with van der Waals surface area (Å²) in [5.74, 6) is -2.07. The van der Waals surface area contributed by atoms with Gasteiger partial charge in [0.05, 0.1) is 12.0 Å². The van der Waals surface area contributed by atoms with Crippen molar-refractivity contribution >= 4 is 17.9 Å². The molecule has 1 heterocycles. The van der Waals surface area contributed by atoms with Crippen LogP contribution in [0.1, 0.15) is 40.5 Å². The van der Waals surface area contributed by atoms with Crippen molar-refractivity contribution in [2.75, 3.05) is 6.61 Å². The van der Waals surface area contributed by atoms with Gasteiger partial charge in [0.15, 0.2) is 0 Å². The highest BCUT2D eigenvalue weighted by Gasteiger charge is 2.42. The van der Waals surface area contributed by atoms with Crippen LogP contribution in [0.2, 0.25) is 0 Å². The number of allylic oxidation sites excluding steroid dienone is 1. The molecule has 7 nitrogen and oxygen atoms in total. The first-order chi connectivity index (χ1) is 13.6. The summed E-state index contributed by atoms with van der Waals surface area (Å²) >= 11 is 0. The second kappa shape index (κ2) is 9.69. The van der Waals surface area contributed by atoms with E-state index in [4.69, 9.17) is 14.2 Å². The van der Waals surface area contributed by atoms with Crippen LogP contribution in [-0.4, -0.2) is 47.9 Å². The molecule has 1 aliphatic heterocycles. The number of aliphatic hydroxyl groups excluding tert-OH is 1. The van der Waals surface area contributed by atoms with Crippen molar-refractivity contribution in [1.29, 1.82) is 0 Å². The molecular formula is C22H28O7. The van der Waals surface area contributed by atoms with Gasteiger partial charge in [-0.2, -0.15) is 0 Å². The minimum absolute atomic E-state index is 0.0395. The van der Waals surface area contributed by atoms with Crippen LogP contribution in [0.25, 0.3) is 0 Å². The Morgan fingerprint density at radius 3 is 2.62 bits per heavy atom. The molecule has 0 radical (unpaired) electrons. The van der Waals surface area contributed by atoms with Crippen molar-refractivity contribution in [3.05, 3.63) is 47.1 Å². The summed E-state index contributed by atoms with van der Waals surface area (Å²) in [6.07, 6.45) is 3.38. The topological polar surface area (TPSA) is 99.1 Å². The quantitative estimate of drug-likeness (QED) is 0.333. The van der Waals surface area contributed by atoms with Crippen LogP contribution in [0.5, 0.6) is 0 Å². The van der Waals surface area contributed by atoms with Crippen molar-refractivity contribution in [2.45, 2.75) is 58.8 Å². The Kier molecular flexibility index (Phi) is 7.56. The number of esters is 3. The van der Waals surface area contributed by atoms with E-state index >= 15 is 0 Å². The van der Waals surface area contributed by atoms with E-state index < -0.39 is 42.1 Å². The predicted molar refractivity (Wildman–Crippen MR) is 106 cm³/mol. The van der Waals surface area contributed by atoms with E-state index in [1.165, 1.54) is 6.92 Å². The van der Waals surface area contributed by atoms with E-state index in [0.717, 1.165) is 5.57 Å². The van der Waals surface area contributed by atoms with Gasteiger partial charge in [0.25, 0.3) is 0 Å². The summed E-state index contributed by atoms with van der Waals surface area (Å²) in [5, 5.41) is 10.7. The van der Waals surface area contributed by atoms with E-state index in [1.807, 2.05) is 6.92 Å². The zero-order valence-corrected chi connectivity index (χ0v) is 17.3.